The summed E-state index contributed by atoms with van der Waals surface area (Å²) in [5, 5.41) is 3.63. The maximum absolute atomic E-state index is 5.95. The maximum Gasteiger partial charge on any atom is 0.166 e. The molecule has 2 aliphatic rings. The average molecular weight is 358 g/mol. The third-order valence-electron chi connectivity index (χ3n) is 3.91. The van der Waals surface area contributed by atoms with Crippen LogP contribution in [0.1, 0.15) is 37.9 Å². The molecule has 2 heterocycles. The highest BCUT2D eigenvalue weighted by molar-refractivity contribution is 9.10. The largest absolute Gasteiger partial charge is 0.486 e. The molecule has 5 heteroatoms. The van der Waals surface area contributed by atoms with Crippen molar-refractivity contribution in [2.45, 2.75) is 37.3 Å². The molecule has 0 saturated heterocycles. The molecule has 0 fully saturated rings. The van der Waals surface area contributed by atoms with Crippen molar-refractivity contribution in [1.82, 2.24) is 5.32 Å². The number of hydrogen-bond donors (Lipinski definition) is 1. The van der Waals surface area contributed by atoms with Gasteiger partial charge in [-0.15, -0.1) is 11.8 Å². The van der Waals surface area contributed by atoms with Crippen molar-refractivity contribution < 1.29 is 9.47 Å². The highest BCUT2D eigenvalue weighted by Gasteiger charge is 2.40. The minimum atomic E-state index is 0.137. The van der Waals surface area contributed by atoms with Gasteiger partial charge in [0.2, 0.25) is 0 Å². The Morgan fingerprint density at radius 3 is 2.90 bits per heavy atom. The van der Waals surface area contributed by atoms with E-state index in [0.29, 0.717) is 13.2 Å². The van der Waals surface area contributed by atoms with Crippen LogP contribution in [0.3, 0.4) is 0 Å². The zero-order chi connectivity index (χ0) is 14.3. The van der Waals surface area contributed by atoms with Gasteiger partial charge < -0.3 is 14.8 Å². The minimum Gasteiger partial charge on any atom is -0.486 e. The van der Waals surface area contributed by atoms with Gasteiger partial charge >= 0.3 is 0 Å². The quantitative estimate of drug-likeness (QED) is 0.869. The molecule has 0 radical (unpaired) electrons. The summed E-state index contributed by atoms with van der Waals surface area (Å²) in [5.74, 6) is 2.81. The molecule has 1 aromatic rings. The van der Waals surface area contributed by atoms with E-state index < -0.39 is 0 Å². The average Bonchev–Trinajstić information content (AvgIpc) is 2.41. The Kier molecular flexibility index (Phi) is 3.95. The van der Waals surface area contributed by atoms with Gasteiger partial charge in [0.25, 0.3) is 0 Å². The van der Waals surface area contributed by atoms with Gasteiger partial charge in [0.15, 0.2) is 11.5 Å². The second-order valence-electron chi connectivity index (χ2n) is 5.66. The standard InChI is InChI=1S/C15H20BrNO2S/c1-4-17-14-12-9(8-20-15(14,2)3)10(16)7-11-13(12)19-6-5-18-11/h7,14,17H,4-6,8H2,1-3H3. The fourth-order valence-electron chi connectivity index (χ4n) is 2.91. The van der Waals surface area contributed by atoms with Crippen molar-refractivity contribution in [2.75, 3.05) is 19.8 Å². The topological polar surface area (TPSA) is 30.5 Å². The molecule has 0 bridgehead atoms. The zero-order valence-corrected chi connectivity index (χ0v) is 14.5. The summed E-state index contributed by atoms with van der Waals surface area (Å²) >= 11 is 5.69. The summed E-state index contributed by atoms with van der Waals surface area (Å²) in [7, 11) is 0. The van der Waals surface area contributed by atoms with E-state index in [1.54, 1.807) is 0 Å². The molecule has 110 valence electrons. The predicted molar refractivity (Wildman–Crippen MR) is 86.9 cm³/mol. The van der Waals surface area contributed by atoms with Gasteiger partial charge in [0, 0.05) is 20.5 Å². The number of ether oxygens (including phenoxy) is 2. The van der Waals surface area contributed by atoms with Gasteiger partial charge in [-0.1, -0.05) is 22.9 Å². The van der Waals surface area contributed by atoms with E-state index >= 15 is 0 Å². The Labute approximate surface area is 132 Å². The van der Waals surface area contributed by atoms with Crippen LogP contribution in [-0.2, 0) is 5.75 Å². The lowest BCUT2D eigenvalue weighted by molar-refractivity contribution is 0.167. The number of thioether (sulfide) groups is 1. The molecule has 1 unspecified atom stereocenters. The molecule has 3 nitrogen and oxygen atoms in total. The van der Waals surface area contributed by atoms with Gasteiger partial charge in [0.05, 0.1) is 6.04 Å². The monoisotopic (exact) mass is 357 g/mol. The predicted octanol–water partition coefficient (Wildman–Crippen LogP) is 3.90. The minimum absolute atomic E-state index is 0.137. The zero-order valence-electron chi connectivity index (χ0n) is 12.1. The van der Waals surface area contributed by atoms with Crippen molar-refractivity contribution in [2.24, 2.45) is 0 Å². The Morgan fingerprint density at radius 1 is 1.40 bits per heavy atom. The maximum atomic E-state index is 5.95. The van der Waals surface area contributed by atoms with E-state index in [2.05, 4.69) is 48.1 Å². The molecular formula is C15H20BrNO2S. The first-order valence-electron chi connectivity index (χ1n) is 7.02. The SMILES string of the molecule is CCNC1c2c(c(Br)cc3c2OCCO3)CSC1(C)C. The molecule has 2 aliphatic heterocycles. The normalized spacial score (nSPS) is 23.3. The molecule has 1 aromatic carbocycles. The molecule has 1 N–H and O–H groups in total. The van der Waals surface area contributed by atoms with Gasteiger partial charge in [-0.05, 0) is 32.0 Å². The molecule has 0 aromatic heterocycles. The van der Waals surface area contributed by atoms with Crippen molar-refractivity contribution in [3.05, 3.63) is 21.7 Å². The van der Waals surface area contributed by atoms with Crippen LogP contribution in [0.15, 0.2) is 10.5 Å². The second kappa shape index (κ2) is 5.43. The molecule has 20 heavy (non-hydrogen) atoms. The van der Waals surface area contributed by atoms with Gasteiger partial charge in [-0.25, -0.2) is 0 Å². The summed E-state index contributed by atoms with van der Waals surface area (Å²) in [6.45, 7) is 8.94. The van der Waals surface area contributed by atoms with Crippen molar-refractivity contribution in [1.29, 1.82) is 0 Å². The Bertz CT molecular complexity index is 533. The summed E-state index contributed by atoms with van der Waals surface area (Å²) in [6, 6.07) is 2.32. The lowest BCUT2D eigenvalue weighted by Crippen LogP contribution is -2.40. The molecule has 1 atom stereocenters. The lowest BCUT2D eigenvalue weighted by Gasteiger charge is -2.42. The number of fused-ring (bicyclic) bond motifs is 3. The smallest absolute Gasteiger partial charge is 0.166 e. The summed E-state index contributed by atoms with van der Waals surface area (Å²) in [5.41, 5.74) is 2.62. The van der Waals surface area contributed by atoms with Crippen LogP contribution in [0.2, 0.25) is 0 Å². The van der Waals surface area contributed by atoms with Crippen LogP contribution in [-0.4, -0.2) is 24.5 Å². The van der Waals surface area contributed by atoms with E-state index in [-0.39, 0.29) is 10.8 Å². The molecule has 0 spiro atoms. The lowest BCUT2D eigenvalue weighted by atomic mass is 9.89. The van der Waals surface area contributed by atoms with Crippen molar-refractivity contribution >= 4 is 27.7 Å². The fourth-order valence-corrected chi connectivity index (χ4v) is 4.85. The third kappa shape index (κ3) is 2.34. The van der Waals surface area contributed by atoms with Crippen LogP contribution in [0.25, 0.3) is 0 Å². The first-order valence-corrected chi connectivity index (χ1v) is 8.80. The van der Waals surface area contributed by atoms with E-state index in [1.165, 1.54) is 11.1 Å². The van der Waals surface area contributed by atoms with Crippen molar-refractivity contribution in [3.8, 4) is 11.5 Å². The van der Waals surface area contributed by atoms with Gasteiger partial charge in [-0.2, -0.15) is 0 Å². The number of halogens is 1. The van der Waals surface area contributed by atoms with Crippen LogP contribution in [0.4, 0.5) is 0 Å². The Hall–Kier alpha value is -0.390. The van der Waals surface area contributed by atoms with Crippen LogP contribution >= 0.6 is 27.7 Å². The van der Waals surface area contributed by atoms with Crippen LogP contribution in [0.5, 0.6) is 11.5 Å². The molecule has 0 amide bonds. The van der Waals surface area contributed by atoms with E-state index in [4.69, 9.17) is 9.47 Å². The number of nitrogens with one attached hydrogen (secondary N) is 1. The third-order valence-corrected chi connectivity index (χ3v) is 6.03. The number of hydrogen-bond acceptors (Lipinski definition) is 4. The summed E-state index contributed by atoms with van der Waals surface area (Å²) in [6.07, 6.45) is 0. The molecular weight excluding hydrogens is 338 g/mol. The first kappa shape index (κ1) is 14.5. The Balaban J connectivity index is 2.18. The Morgan fingerprint density at radius 2 is 2.15 bits per heavy atom. The van der Waals surface area contributed by atoms with Crippen LogP contribution < -0.4 is 14.8 Å². The molecule has 0 saturated carbocycles. The number of rotatable bonds is 2. The van der Waals surface area contributed by atoms with Gasteiger partial charge in [-0.3, -0.25) is 0 Å². The highest BCUT2D eigenvalue weighted by atomic mass is 79.9. The second-order valence-corrected chi connectivity index (χ2v) is 8.14. The highest BCUT2D eigenvalue weighted by Crippen LogP contribution is 2.53. The molecule has 0 aliphatic carbocycles. The van der Waals surface area contributed by atoms with E-state index in [0.717, 1.165) is 28.3 Å². The first-order chi connectivity index (χ1) is 9.54. The van der Waals surface area contributed by atoms with Crippen molar-refractivity contribution in [3.63, 3.8) is 0 Å². The van der Waals surface area contributed by atoms with Gasteiger partial charge in [0.1, 0.15) is 13.2 Å². The van der Waals surface area contributed by atoms with E-state index in [9.17, 15) is 0 Å². The summed E-state index contributed by atoms with van der Waals surface area (Å²) < 4.78 is 13.0. The number of benzene rings is 1. The van der Waals surface area contributed by atoms with Crippen LogP contribution in [0, 0.1) is 0 Å². The summed E-state index contributed by atoms with van der Waals surface area (Å²) in [4.78, 5) is 0. The fraction of sp³-hybridized carbons (Fsp3) is 0.600. The van der Waals surface area contributed by atoms with E-state index in [1.807, 2.05) is 11.8 Å². The molecule has 3 rings (SSSR count).